The molecular formula is C40H72N4O2S. The Morgan fingerprint density at radius 2 is 1.53 bits per heavy atom. The molecular weight excluding hydrogens is 601 g/mol. The number of hydrogen-bond acceptors (Lipinski definition) is 5. The van der Waals surface area contributed by atoms with Crippen LogP contribution in [0.4, 0.5) is 5.82 Å². The first-order chi connectivity index (χ1) is 22.2. The number of nitrogens with zero attached hydrogens (tertiary/aromatic N) is 3. The maximum Gasteiger partial charge on any atom is 0.224 e. The molecule has 0 aliphatic carbocycles. The number of rotatable bonds is 11. The summed E-state index contributed by atoms with van der Waals surface area (Å²) in [7, 11) is 3.64. The van der Waals surface area contributed by atoms with Gasteiger partial charge in [-0.25, -0.2) is 0 Å². The molecule has 6 nitrogen and oxygen atoms in total. The average molecular weight is 673 g/mol. The summed E-state index contributed by atoms with van der Waals surface area (Å²) in [6.45, 7) is 38.8. The first kappa shape index (κ1) is 48.5. The molecule has 1 aromatic carbocycles. The minimum atomic E-state index is -0.0487. The number of aliphatic imine (C=N–C) groups is 1. The molecule has 0 atom stereocenters. The lowest BCUT2D eigenvalue weighted by Gasteiger charge is -2.30. The second kappa shape index (κ2) is 26.1. The van der Waals surface area contributed by atoms with E-state index >= 15 is 0 Å². The van der Waals surface area contributed by atoms with Crippen LogP contribution in [0.3, 0.4) is 0 Å². The van der Waals surface area contributed by atoms with Crippen LogP contribution in [0.2, 0.25) is 0 Å². The number of ether oxygens (including phenoxy) is 1. The van der Waals surface area contributed by atoms with Crippen LogP contribution >= 0.6 is 11.8 Å². The summed E-state index contributed by atoms with van der Waals surface area (Å²) in [6.07, 6.45) is 6.16. The van der Waals surface area contributed by atoms with E-state index in [0.717, 1.165) is 59.4 Å². The predicted molar refractivity (Wildman–Crippen MR) is 215 cm³/mol. The number of nitrogen functional groups attached to an aromatic ring is 1. The molecule has 0 aliphatic rings. The van der Waals surface area contributed by atoms with Crippen molar-refractivity contribution in [1.82, 2.24) is 9.47 Å². The zero-order valence-corrected chi connectivity index (χ0v) is 33.9. The zero-order valence-electron chi connectivity index (χ0n) is 33.1. The Morgan fingerprint density at radius 3 is 1.89 bits per heavy atom. The number of nitrogens with two attached hydrogens (primary N) is 1. The Balaban J connectivity index is -0.00000196. The van der Waals surface area contributed by atoms with Crippen molar-refractivity contribution >= 4 is 28.5 Å². The molecule has 0 radical (unpaired) electrons. The lowest BCUT2D eigenvalue weighted by Crippen LogP contribution is -2.32. The SMILES string of the molecule is C=C.C=CC.CC.CC.CCN(CCCCSC(=NC)c1cc(C(C)(C)C)c(OC)c(C(C)(C)C)c1)C(=O)CCn1ccc(C)c1N. The monoisotopic (exact) mass is 673 g/mol. The summed E-state index contributed by atoms with van der Waals surface area (Å²) in [5.41, 5.74) is 10.6. The molecule has 1 amide bonds. The summed E-state index contributed by atoms with van der Waals surface area (Å²) >= 11 is 1.79. The van der Waals surface area contributed by atoms with Gasteiger partial charge in [-0.15, -0.1) is 31.5 Å². The van der Waals surface area contributed by atoms with Gasteiger partial charge in [0.1, 0.15) is 11.6 Å². The van der Waals surface area contributed by atoms with Gasteiger partial charge in [-0.2, -0.15) is 0 Å². The van der Waals surface area contributed by atoms with Gasteiger partial charge in [0.25, 0.3) is 0 Å². The summed E-state index contributed by atoms with van der Waals surface area (Å²) in [5, 5.41) is 1.05. The van der Waals surface area contributed by atoms with Gasteiger partial charge in [0.2, 0.25) is 5.91 Å². The third-order valence-corrected chi connectivity index (χ3v) is 8.12. The maximum absolute atomic E-state index is 12.8. The van der Waals surface area contributed by atoms with Gasteiger partial charge in [-0.3, -0.25) is 9.79 Å². The third kappa shape index (κ3) is 17.2. The van der Waals surface area contributed by atoms with Gasteiger partial charge in [-0.1, -0.05) is 75.3 Å². The van der Waals surface area contributed by atoms with Crippen LogP contribution in [-0.2, 0) is 22.2 Å². The Kier molecular flexibility index (Phi) is 26.9. The van der Waals surface area contributed by atoms with Crippen LogP contribution < -0.4 is 10.5 Å². The molecule has 270 valence electrons. The second-order valence-corrected chi connectivity index (χ2v) is 13.5. The molecule has 0 unspecified atom stereocenters. The molecule has 0 saturated heterocycles. The van der Waals surface area contributed by atoms with E-state index in [1.54, 1.807) is 24.9 Å². The van der Waals surface area contributed by atoms with E-state index in [-0.39, 0.29) is 16.7 Å². The van der Waals surface area contributed by atoms with Crippen molar-refractivity contribution in [2.24, 2.45) is 4.99 Å². The normalized spacial score (nSPS) is 10.8. The highest BCUT2D eigenvalue weighted by Crippen LogP contribution is 2.41. The predicted octanol–water partition coefficient (Wildman–Crippen LogP) is 10.9. The summed E-state index contributed by atoms with van der Waals surface area (Å²) < 4.78 is 7.88. The van der Waals surface area contributed by atoms with E-state index in [1.165, 1.54) is 11.1 Å². The molecule has 47 heavy (non-hydrogen) atoms. The number of anilines is 1. The first-order valence-electron chi connectivity index (χ1n) is 17.2. The van der Waals surface area contributed by atoms with Gasteiger partial charge in [0, 0.05) is 56.0 Å². The van der Waals surface area contributed by atoms with E-state index in [2.05, 4.69) is 78.4 Å². The zero-order chi connectivity index (χ0) is 37.4. The maximum atomic E-state index is 12.8. The topological polar surface area (TPSA) is 72.8 Å². The highest BCUT2D eigenvalue weighted by molar-refractivity contribution is 8.14. The lowest BCUT2D eigenvalue weighted by atomic mass is 9.78. The van der Waals surface area contributed by atoms with E-state index < -0.39 is 0 Å². The summed E-state index contributed by atoms with van der Waals surface area (Å²) in [4.78, 5) is 19.4. The van der Waals surface area contributed by atoms with Crippen LogP contribution in [-0.4, -0.2) is 53.4 Å². The van der Waals surface area contributed by atoms with Crippen LogP contribution in [0.25, 0.3) is 0 Å². The van der Waals surface area contributed by atoms with E-state index in [9.17, 15) is 4.79 Å². The Morgan fingerprint density at radius 1 is 1.04 bits per heavy atom. The number of amides is 1. The van der Waals surface area contributed by atoms with Gasteiger partial charge in [-0.05, 0) is 74.0 Å². The molecule has 1 heterocycles. The van der Waals surface area contributed by atoms with Crippen molar-refractivity contribution in [3.63, 3.8) is 0 Å². The number of aromatic nitrogens is 1. The van der Waals surface area contributed by atoms with Gasteiger partial charge < -0.3 is 19.9 Å². The lowest BCUT2D eigenvalue weighted by molar-refractivity contribution is -0.131. The number of methoxy groups -OCH3 is 1. The molecule has 1 aromatic heterocycles. The fourth-order valence-electron chi connectivity index (χ4n) is 4.56. The molecule has 0 bridgehead atoms. The fraction of sp³-hybridized carbons (Fsp3) is 0.600. The minimum Gasteiger partial charge on any atom is -0.496 e. The van der Waals surface area contributed by atoms with E-state index in [0.29, 0.717) is 13.0 Å². The molecule has 0 aliphatic heterocycles. The van der Waals surface area contributed by atoms with Crippen molar-refractivity contribution in [2.75, 3.05) is 38.7 Å². The van der Waals surface area contributed by atoms with Crippen molar-refractivity contribution < 1.29 is 9.53 Å². The van der Waals surface area contributed by atoms with Crippen molar-refractivity contribution in [2.45, 2.75) is 127 Å². The average Bonchev–Trinajstić information content (AvgIpc) is 3.37. The largest absolute Gasteiger partial charge is 0.496 e. The Hall–Kier alpha value is -2.93. The number of benzene rings is 1. The van der Waals surface area contributed by atoms with Crippen LogP contribution in [0, 0.1) is 6.92 Å². The van der Waals surface area contributed by atoms with Gasteiger partial charge in [0.15, 0.2) is 0 Å². The number of hydrogen-bond donors (Lipinski definition) is 1. The van der Waals surface area contributed by atoms with Gasteiger partial charge >= 0.3 is 0 Å². The number of aryl methyl sites for hydroxylation is 2. The Bertz CT molecular complexity index is 1130. The molecule has 2 rings (SSSR count). The Labute approximate surface area is 295 Å². The van der Waals surface area contributed by atoms with Crippen LogP contribution in [0.1, 0.15) is 125 Å². The number of carbonyl (C=O) groups is 1. The fourth-order valence-corrected chi connectivity index (χ4v) is 5.51. The molecule has 0 fully saturated rings. The molecule has 2 N–H and O–H groups in total. The third-order valence-electron chi connectivity index (χ3n) is 6.94. The summed E-state index contributed by atoms with van der Waals surface area (Å²) in [5.74, 6) is 2.86. The van der Waals surface area contributed by atoms with Gasteiger partial charge in [0.05, 0.1) is 12.2 Å². The van der Waals surface area contributed by atoms with Crippen LogP contribution in [0.15, 0.2) is 55.2 Å². The number of thioether (sulfide) groups is 1. The number of carbonyl (C=O) groups excluding carboxylic acids is 1. The minimum absolute atomic E-state index is 0.0487. The molecule has 7 heteroatoms. The number of allylic oxidation sites excluding steroid dienone is 1. The first-order valence-corrected chi connectivity index (χ1v) is 18.2. The van der Waals surface area contributed by atoms with E-state index in [1.807, 2.05) is 77.2 Å². The van der Waals surface area contributed by atoms with Crippen molar-refractivity contribution in [1.29, 1.82) is 0 Å². The standard InChI is InChI=1S/C31H50N4O2S.C3H6.2C2H6.C2H4/c1-11-34(26(36)15-18-35-17-14-22(2)28(35)32)16-12-13-19-38-29(33-9)23-20-24(30(3,4)5)27(37-10)25(21-23)31(6,7)8;1-3-2;3*1-2/h14,17,20-21H,11-13,15-16,18-19,32H2,1-10H3;3H,1H2,2H3;2*1-2H3;1-2H2. The smallest absolute Gasteiger partial charge is 0.224 e. The molecule has 0 spiro atoms. The number of unbranched alkanes of at least 4 members (excludes halogenated alkanes) is 1. The summed E-state index contributed by atoms with van der Waals surface area (Å²) in [6, 6.07) is 6.49. The quantitative estimate of drug-likeness (QED) is 0.112. The molecule has 0 saturated carbocycles. The second-order valence-electron chi connectivity index (χ2n) is 12.4. The van der Waals surface area contributed by atoms with E-state index in [4.69, 9.17) is 10.5 Å². The van der Waals surface area contributed by atoms with Crippen molar-refractivity contribution in [3.8, 4) is 5.75 Å². The highest BCUT2D eigenvalue weighted by atomic mass is 32.2. The molecule has 2 aromatic rings. The van der Waals surface area contributed by atoms with Crippen molar-refractivity contribution in [3.05, 3.63) is 72.5 Å². The van der Waals surface area contributed by atoms with Crippen LogP contribution in [0.5, 0.6) is 5.75 Å². The highest BCUT2D eigenvalue weighted by Gasteiger charge is 2.28.